The summed E-state index contributed by atoms with van der Waals surface area (Å²) >= 11 is 0. The van der Waals surface area contributed by atoms with Gasteiger partial charge < -0.3 is 11.1 Å². The summed E-state index contributed by atoms with van der Waals surface area (Å²) in [5.41, 5.74) is 5.65. The first kappa shape index (κ1) is 14.0. The lowest BCUT2D eigenvalue weighted by atomic mass is 10.2. The second-order valence-corrected chi connectivity index (χ2v) is 3.93. The van der Waals surface area contributed by atoms with Gasteiger partial charge in [0.2, 0.25) is 0 Å². The number of amides is 1. The summed E-state index contributed by atoms with van der Waals surface area (Å²) < 4.78 is 39.2. The third-order valence-electron chi connectivity index (χ3n) is 2.58. The molecule has 1 aromatic heterocycles. The van der Waals surface area contributed by atoms with Crippen LogP contribution < -0.4 is 11.1 Å². The van der Waals surface area contributed by atoms with E-state index in [0.29, 0.717) is 0 Å². The minimum Gasteiger partial charge on any atom is -0.326 e. The summed E-state index contributed by atoms with van der Waals surface area (Å²) in [4.78, 5) is 15.6. The van der Waals surface area contributed by atoms with Crippen LogP contribution in [0.2, 0.25) is 0 Å². The zero-order chi connectivity index (χ0) is 14.7. The van der Waals surface area contributed by atoms with E-state index in [-0.39, 0.29) is 12.2 Å². The third kappa shape index (κ3) is 2.77. The van der Waals surface area contributed by atoms with Gasteiger partial charge in [-0.3, -0.25) is 9.78 Å². The molecule has 1 amide bonds. The fourth-order valence-corrected chi connectivity index (χ4v) is 1.49. The number of hydrogen-bond acceptors (Lipinski definition) is 3. The summed E-state index contributed by atoms with van der Waals surface area (Å²) in [6.45, 7) is 0.271. The average Bonchev–Trinajstić information content (AvgIpc) is 2.48. The Kier molecular flexibility index (Phi) is 3.99. The number of carbonyl (C=O) groups is 1. The lowest BCUT2D eigenvalue weighted by Crippen LogP contribution is -2.15. The van der Waals surface area contributed by atoms with E-state index in [1.807, 2.05) is 0 Å². The molecule has 1 aromatic carbocycles. The fraction of sp³-hybridized carbons (Fsp3) is 0.0769. The molecular weight excluding hydrogens is 271 g/mol. The number of nitrogens with one attached hydrogen (secondary N) is 1. The predicted molar refractivity (Wildman–Crippen MR) is 66.4 cm³/mol. The molecule has 2 rings (SSSR count). The van der Waals surface area contributed by atoms with Crippen LogP contribution >= 0.6 is 0 Å². The number of rotatable bonds is 3. The van der Waals surface area contributed by atoms with Gasteiger partial charge in [0.1, 0.15) is 5.69 Å². The van der Waals surface area contributed by atoms with E-state index in [2.05, 4.69) is 10.3 Å². The molecule has 0 aliphatic carbocycles. The Hall–Kier alpha value is -2.41. The van der Waals surface area contributed by atoms with Crippen molar-refractivity contribution in [2.24, 2.45) is 5.73 Å². The molecule has 0 unspecified atom stereocenters. The Balaban J connectivity index is 2.21. The van der Waals surface area contributed by atoms with Crippen LogP contribution in [0, 0.1) is 17.5 Å². The molecule has 104 valence electrons. The first-order chi connectivity index (χ1) is 9.52. The van der Waals surface area contributed by atoms with E-state index in [1.54, 1.807) is 6.07 Å². The van der Waals surface area contributed by atoms with Gasteiger partial charge in [-0.05, 0) is 23.8 Å². The van der Waals surface area contributed by atoms with Crippen LogP contribution in [-0.4, -0.2) is 10.9 Å². The van der Waals surface area contributed by atoms with Gasteiger partial charge in [0.05, 0.1) is 5.69 Å². The number of hydrogen-bond donors (Lipinski definition) is 2. The Morgan fingerprint density at radius 1 is 1.15 bits per heavy atom. The van der Waals surface area contributed by atoms with E-state index < -0.39 is 29.0 Å². The van der Waals surface area contributed by atoms with Gasteiger partial charge in [-0.2, -0.15) is 0 Å². The molecule has 2 aromatic rings. The molecule has 0 fully saturated rings. The molecule has 4 nitrogen and oxygen atoms in total. The maximum atomic E-state index is 13.4. The molecule has 0 radical (unpaired) electrons. The highest BCUT2D eigenvalue weighted by atomic mass is 19.2. The van der Waals surface area contributed by atoms with Crippen LogP contribution in [0.4, 0.5) is 18.9 Å². The molecule has 3 N–H and O–H groups in total. The standard InChI is InChI=1S/C13H10F3N3O/c14-8-2-4-9(12(16)11(8)15)19-13(20)10-3-1-7(5-17)6-18-10/h1-4,6H,5,17H2,(H,19,20). The van der Waals surface area contributed by atoms with Gasteiger partial charge in [-0.25, -0.2) is 13.2 Å². The van der Waals surface area contributed by atoms with Gasteiger partial charge in [-0.1, -0.05) is 6.07 Å². The number of benzene rings is 1. The van der Waals surface area contributed by atoms with Crippen LogP contribution in [0.25, 0.3) is 0 Å². The average molecular weight is 281 g/mol. The van der Waals surface area contributed by atoms with Crippen LogP contribution in [0.3, 0.4) is 0 Å². The second-order valence-electron chi connectivity index (χ2n) is 3.93. The Labute approximate surface area is 112 Å². The maximum absolute atomic E-state index is 13.4. The topological polar surface area (TPSA) is 68.0 Å². The molecule has 0 saturated heterocycles. The molecule has 0 atom stereocenters. The normalized spacial score (nSPS) is 10.4. The molecule has 20 heavy (non-hydrogen) atoms. The highest BCUT2D eigenvalue weighted by molar-refractivity contribution is 6.02. The molecule has 0 aliphatic heterocycles. The first-order valence-corrected chi connectivity index (χ1v) is 5.62. The van der Waals surface area contributed by atoms with Crippen molar-refractivity contribution in [3.8, 4) is 0 Å². The minimum absolute atomic E-state index is 0.00586. The molecule has 1 heterocycles. The fourth-order valence-electron chi connectivity index (χ4n) is 1.49. The summed E-state index contributed by atoms with van der Waals surface area (Å²) in [5, 5.41) is 2.12. The molecular formula is C13H10F3N3O. The predicted octanol–water partition coefficient (Wildman–Crippen LogP) is 2.21. The quantitative estimate of drug-likeness (QED) is 0.847. The second kappa shape index (κ2) is 5.70. The summed E-state index contributed by atoms with van der Waals surface area (Å²) in [6.07, 6.45) is 1.40. The van der Waals surface area contributed by atoms with Gasteiger partial charge in [0, 0.05) is 12.7 Å². The number of nitrogens with zero attached hydrogens (tertiary/aromatic N) is 1. The van der Waals surface area contributed by atoms with E-state index in [0.717, 1.165) is 17.7 Å². The highest BCUT2D eigenvalue weighted by Crippen LogP contribution is 2.20. The zero-order valence-electron chi connectivity index (χ0n) is 10.2. The number of nitrogens with two attached hydrogens (primary N) is 1. The van der Waals surface area contributed by atoms with Crippen molar-refractivity contribution in [2.75, 3.05) is 5.32 Å². The SMILES string of the molecule is NCc1ccc(C(=O)Nc2ccc(F)c(F)c2F)nc1. The monoisotopic (exact) mass is 281 g/mol. The van der Waals surface area contributed by atoms with Crippen LogP contribution in [0.1, 0.15) is 16.1 Å². The molecule has 0 aliphatic rings. The molecule has 7 heteroatoms. The highest BCUT2D eigenvalue weighted by Gasteiger charge is 2.16. The number of pyridine rings is 1. The summed E-state index contributed by atoms with van der Waals surface area (Å²) in [5.74, 6) is -5.17. The zero-order valence-corrected chi connectivity index (χ0v) is 10.2. The summed E-state index contributed by atoms with van der Waals surface area (Å²) in [7, 11) is 0. The minimum atomic E-state index is -1.64. The van der Waals surface area contributed by atoms with Crippen molar-refractivity contribution in [1.82, 2.24) is 4.98 Å². The van der Waals surface area contributed by atoms with Crippen LogP contribution in [0.5, 0.6) is 0 Å². The number of anilines is 1. The van der Waals surface area contributed by atoms with Crippen molar-refractivity contribution in [1.29, 1.82) is 0 Å². The third-order valence-corrected chi connectivity index (χ3v) is 2.58. The Morgan fingerprint density at radius 2 is 1.90 bits per heavy atom. The lowest BCUT2D eigenvalue weighted by Gasteiger charge is -2.07. The number of aromatic nitrogens is 1. The van der Waals surface area contributed by atoms with E-state index >= 15 is 0 Å². The largest absolute Gasteiger partial charge is 0.326 e. The lowest BCUT2D eigenvalue weighted by molar-refractivity contribution is 0.102. The van der Waals surface area contributed by atoms with E-state index in [4.69, 9.17) is 5.73 Å². The van der Waals surface area contributed by atoms with Gasteiger partial charge in [0.25, 0.3) is 5.91 Å². The van der Waals surface area contributed by atoms with Crippen LogP contribution in [0.15, 0.2) is 30.5 Å². The van der Waals surface area contributed by atoms with Crippen LogP contribution in [-0.2, 0) is 6.54 Å². The maximum Gasteiger partial charge on any atom is 0.274 e. The van der Waals surface area contributed by atoms with Gasteiger partial charge >= 0.3 is 0 Å². The Morgan fingerprint density at radius 3 is 2.50 bits per heavy atom. The smallest absolute Gasteiger partial charge is 0.274 e. The molecule has 0 bridgehead atoms. The summed E-state index contributed by atoms with van der Waals surface area (Å²) in [6, 6.07) is 4.64. The number of halogens is 3. The van der Waals surface area contributed by atoms with Crippen molar-refractivity contribution >= 4 is 11.6 Å². The van der Waals surface area contributed by atoms with Crippen molar-refractivity contribution in [2.45, 2.75) is 6.54 Å². The van der Waals surface area contributed by atoms with Crippen molar-refractivity contribution in [3.05, 3.63) is 59.2 Å². The first-order valence-electron chi connectivity index (χ1n) is 5.62. The molecule has 0 spiro atoms. The van der Waals surface area contributed by atoms with E-state index in [1.165, 1.54) is 12.3 Å². The number of carbonyl (C=O) groups excluding carboxylic acids is 1. The van der Waals surface area contributed by atoms with Gasteiger partial charge in [-0.15, -0.1) is 0 Å². The molecule has 0 saturated carbocycles. The van der Waals surface area contributed by atoms with E-state index in [9.17, 15) is 18.0 Å². The van der Waals surface area contributed by atoms with Crippen molar-refractivity contribution < 1.29 is 18.0 Å². The van der Waals surface area contributed by atoms with Crippen molar-refractivity contribution in [3.63, 3.8) is 0 Å². The van der Waals surface area contributed by atoms with Gasteiger partial charge in [0.15, 0.2) is 17.5 Å². The Bertz CT molecular complexity index is 644.